The third-order valence-electron chi connectivity index (χ3n) is 5.47. The van der Waals surface area contributed by atoms with Gasteiger partial charge in [-0.1, -0.05) is 12.1 Å². The highest BCUT2D eigenvalue weighted by atomic mass is 16.5. The van der Waals surface area contributed by atoms with Crippen molar-refractivity contribution >= 4 is 28.5 Å². The van der Waals surface area contributed by atoms with Crippen LogP contribution in [0.2, 0.25) is 0 Å². The molecular weight excluding hydrogens is 428 g/mol. The minimum atomic E-state index is -0.352. The van der Waals surface area contributed by atoms with Crippen molar-refractivity contribution in [1.82, 2.24) is 9.97 Å². The van der Waals surface area contributed by atoms with E-state index in [2.05, 4.69) is 15.3 Å². The van der Waals surface area contributed by atoms with E-state index in [9.17, 15) is 9.59 Å². The summed E-state index contributed by atoms with van der Waals surface area (Å²) >= 11 is 0. The predicted octanol–water partition coefficient (Wildman–Crippen LogP) is 2.31. The molecule has 2 heterocycles. The zero-order chi connectivity index (χ0) is 23.5. The van der Waals surface area contributed by atoms with Gasteiger partial charge in [0.1, 0.15) is 11.4 Å². The number of fused-ring (bicyclic) bond motifs is 1. The van der Waals surface area contributed by atoms with Crippen molar-refractivity contribution in [3.05, 3.63) is 46.2 Å². The van der Waals surface area contributed by atoms with E-state index in [1.54, 1.807) is 6.07 Å². The maximum atomic E-state index is 12.9. The number of rotatable bonds is 8. The Morgan fingerprint density at radius 2 is 1.94 bits per heavy atom. The van der Waals surface area contributed by atoms with Gasteiger partial charge in [0.05, 0.1) is 33.5 Å². The number of benzene rings is 2. The van der Waals surface area contributed by atoms with E-state index in [1.165, 1.54) is 21.3 Å². The zero-order valence-corrected chi connectivity index (χ0v) is 18.9. The van der Waals surface area contributed by atoms with Crippen LogP contribution in [0.3, 0.4) is 0 Å². The SMILES string of the molecule is COc1cc2nc(N(C)Cc3cccc(NC4CCOC4=O)c3)[nH]c(=O)c2c(OC)c1OC. The Hall–Kier alpha value is -3.95. The van der Waals surface area contributed by atoms with Crippen molar-refractivity contribution in [1.29, 1.82) is 0 Å². The van der Waals surface area contributed by atoms with Crippen LogP contribution in [0.15, 0.2) is 35.1 Å². The van der Waals surface area contributed by atoms with Crippen molar-refractivity contribution in [3.63, 3.8) is 0 Å². The van der Waals surface area contributed by atoms with Crippen LogP contribution in [0.1, 0.15) is 12.0 Å². The number of aromatic nitrogens is 2. The monoisotopic (exact) mass is 454 g/mol. The first kappa shape index (κ1) is 22.3. The summed E-state index contributed by atoms with van der Waals surface area (Å²) in [5, 5.41) is 3.49. The molecule has 1 saturated heterocycles. The second-order valence-corrected chi connectivity index (χ2v) is 7.64. The summed E-state index contributed by atoms with van der Waals surface area (Å²) in [7, 11) is 6.28. The van der Waals surface area contributed by atoms with E-state index in [4.69, 9.17) is 18.9 Å². The summed E-state index contributed by atoms with van der Waals surface area (Å²) in [6, 6.07) is 9.04. The molecule has 2 N–H and O–H groups in total. The average Bonchev–Trinajstić information content (AvgIpc) is 3.21. The molecule has 3 aromatic rings. The fourth-order valence-corrected chi connectivity index (χ4v) is 3.87. The second kappa shape index (κ2) is 9.27. The van der Waals surface area contributed by atoms with Crippen molar-refractivity contribution in [2.24, 2.45) is 0 Å². The smallest absolute Gasteiger partial charge is 0.328 e. The molecule has 10 nitrogen and oxygen atoms in total. The van der Waals surface area contributed by atoms with Gasteiger partial charge in [0, 0.05) is 31.8 Å². The lowest BCUT2D eigenvalue weighted by Gasteiger charge is -2.20. The van der Waals surface area contributed by atoms with Crippen molar-refractivity contribution < 1.29 is 23.7 Å². The van der Waals surface area contributed by atoms with Crippen LogP contribution in [0.4, 0.5) is 11.6 Å². The molecule has 1 aromatic heterocycles. The Bertz CT molecular complexity index is 1240. The number of hydrogen-bond donors (Lipinski definition) is 2. The highest BCUT2D eigenvalue weighted by Gasteiger charge is 2.26. The van der Waals surface area contributed by atoms with Crippen LogP contribution in [-0.4, -0.2) is 57.0 Å². The Morgan fingerprint density at radius 3 is 2.61 bits per heavy atom. The molecule has 0 aliphatic carbocycles. The standard InChI is InChI=1S/C23H26N4O6/c1-27(12-13-6-5-7-14(10-13)24-15-8-9-33-22(15)29)23-25-16-11-17(30-2)19(31-3)20(32-4)18(16)21(28)26-23/h5-7,10-11,15,24H,8-9,12H2,1-4H3,(H,25,26,28). The Labute approximate surface area is 190 Å². The van der Waals surface area contributed by atoms with Crippen molar-refractivity contribution in [2.75, 3.05) is 45.2 Å². The second-order valence-electron chi connectivity index (χ2n) is 7.64. The number of cyclic esters (lactones) is 1. The maximum absolute atomic E-state index is 12.9. The van der Waals surface area contributed by atoms with E-state index >= 15 is 0 Å². The fraction of sp³-hybridized carbons (Fsp3) is 0.348. The largest absolute Gasteiger partial charge is 0.493 e. The number of methoxy groups -OCH3 is 3. The Morgan fingerprint density at radius 1 is 1.15 bits per heavy atom. The summed E-state index contributed by atoms with van der Waals surface area (Å²) in [6.45, 7) is 0.908. The van der Waals surface area contributed by atoms with Gasteiger partial charge in [0.15, 0.2) is 11.5 Å². The minimum Gasteiger partial charge on any atom is -0.493 e. The maximum Gasteiger partial charge on any atom is 0.328 e. The molecule has 1 aliphatic rings. The molecule has 2 aromatic carbocycles. The molecule has 174 valence electrons. The van der Waals surface area contributed by atoms with Gasteiger partial charge >= 0.3 is 5.97 Å². The zero-order valence-electron chi connectivity index (χ0n) is 18.9. The fourth-order valence-electron chi connectivity index (χ4n) is 3.87. The van der Waals surface area contributed by atoms with Gasteiger partial charge in [0.25, 0.3) is 5.56 Å². The van der Waals surface area contributed by atoms with Gasteiger partial charge in [0.2, 0.25) is 11.7 Å². The van der Waals surface area contributed by atoms with Crippen LogP contribution in [0.5, 0.6) is 17.2 Å². The van der Waals surface area contributed by atoms with Crippen LogP contribution in [0.25, 0.3) is 10.9 Å². The highest BCUT2D eigenvalue weighted by Crippen LogP contribution is 2.41. The number of nitrogens with one attached hydrogen (secondary N) is 2. The van der Waals surface area contributed by atoms with Gasteiger partial charge in [-0.2, -0.15) is 0 Å². The molecule has 10 heteroatoms. The quantitative estimate of drug-likeness (QED) is 0.495. The van der Waals surface area contributed by atoms with E-state index in [0.29, 0.717) is 42.5 Å². The molecule has 0 spiro atoms. The minimum absolute atomic E-state index is 0.238. The summed E-state index contributed by atoms with van der Waals surface area (Å²) in [6.07, 6.45) is 0.642. The molecule has 1 fully saturated rings. The van der Waals surface area contributed by atoms with Crippen LogP contribution >= 0.6 is 0 Å². The lowest BCUT2D eigenvalue weighted by Crippen LogP contribution is -2.25. The first-order valence-electron chi connectivity index (χ1n) is 10.4. The van der Waals surface area contributed by atoms with E-state index < -0.39 is 0 Å². The lowest BCUT2D eigenvalue weighted by molar-refractivity contribution is -0.138. The molecule has 33 heavy (non-hydrogen) atoms. The molecular formula is C23H26N4O6. The van der Waals surface area contributed by atoms with Gasteiger partial charge in [-0.15, -0.1) is 0 Å². The number of H-pyrrole nitrogens is 1. The molecule has 0 saturated carbocycles. The molecule has 0 amide bonds. The number of anilines is 2. The average molecular weight is 454 g/mol. The predicted molar refractivity (Wildman–Crippen MR) is 124 cm³/mol. The van der Waals surface area contributed by atoms with Crippen LogP contribution in [-0.2, 0) is 16.1 Å². The molecule has 0 radical (unpaired) electrons. The highest BCUT2D eigenvalue weighted by molar-refractivity contribution is 5.90. The summed E-state index contributed by atoms with van der Waals surface area (Å²) in [4.78, 5) is 33.9. The number of aromatic amines is 1. The number of ether oxygens (including phenoxy) is 4. The summed E-state index contributed by atoms with van der Waals surface area (Å²) in [5.41, 5.74) is 1.87. The van der Waals surface area contributed by atoms with Gasteiger partial charge < -0.3 is 29.2 Å². The Kier molecular flexibility index (Phi) is 6.25. The van der Waals surface area contributed by atoms with Crippen LogP contribution < -0.4 is 30.0 Å². The van der Waals surface area contributed by atoms with Gasteiger partial charge in [-0.3, -0.25) is 9.78 Å². The molecule has 1 aliphatic heterocycles. The molecule has 1 unspecified atom stereocenters. The molecule has 0 bridgehead atoms. The number of esters is 1. The Balaban J connectivity index is 1.62. The molecule has 1 atom stereocenters. The first-order valence-corrected chi connectivity index (χ1v) is 10.4. The lowest BCUT2D eigenvalue weighted by atomic mass is 10.1. The van der Waals surface area contributed by atoms with E-state index in [0.717, 1.165) is 11.3 Å². The van der Waals surface area contributed by atoms with Gasteiger partial charge in [-0.05, 0) is 17.7 Å². The van der Waals surface area contributed by atoms with E-state index in [1.807, 2.05) is 36.2 Å². The first-order chi connectivity index (χ1) is 15.9. The third kappa shape index (κ3) is 4.36. The van der Waals surface area contributed by atoms with Gasteiger partial charge in [-0.25, -0.2) is 9.78 Å². The number of nitrogens with zero attached hydrogens (tertiary/aromatic N) is 2. The summed E-state index contributed by atoms with van der Waals surface area (Å²) in [5.74, 6) is 1.16. The third-order valence-corrected chi connectivity index (χ3v) is 5.47. The van der Waals surface area contributed by atoms with Crippen LogP contribution in [0, 0.1) is 0 Å². The number of carbonyl (C=O) groups excluding carboxylic acids is 1. The number of hydrogen-bond acceptors (Lipinski definition) is 9. The van der Waals surface area contributed by atoms with Crippen molar-refractivity contribution in [2.45, 2.75) is 19.0 Å². The number of carbonyl (C=O) groups is 1. The normalized spacial score (nSPS) is 15.3. The van der Waals surface area contributed by atoms with E-state index in [-0.39, 0.29) is 28.7 Å². The molecule has 4 rings (SSSR count). The topological polar surface area (TPSA) is 115 Å². The van der Waals surface area contributed by atoms with Crippen molar-refractivity contribution in [3.8, 4) is 17.2 Å². The summed E-state index contributed by atoms with van der Waals surface area (Å²) < 4.78 is 21.2.